The van der Waals surface area contributed by atoms with E-state index in [0.29, 0.717) is 24.5 Å². The number of nitrogens with zero attached hydrogens (tertiary/aromatic N) is 1. The molecule has 1 amide bonds. The molecule has 3 rings (SSSR count). The number of hydrogen-bond acceptors (Lipinski definition) is 3. The van der Waals surface area contributed by atoms with Gasteiger partial charge in [0, 0.05) is 24.5 Å². The summed E-state index contributed by atoms with van der Waals surface area (Å²) in [5, 5.41) is 3.02. The van der Waals surface area contributed by atoms with Crippen molar-refractivity contribution in [3.05, 3.63) is 83.7 Å². The third kappa shape index (κ3) is 4.55. The highest BCUT2D eigenvalue weighted by molar-refractivity contribution is 5.77. The van der Waals surface area contributed by atoms with Crippen molar-refractivity contribution in [2.75, 3.05) is 14.2 Å². The monoisotopic (exact) mass is 378 g/mol. The van der Waals surface area contributed by atoms with E-state index in [4.69, 9.17) is 9.47 Å². The maximum Gasteiger partial charge on any atom is 0.222 e. The molecule has 0 fully saturated rings. The zero-order chi connectivity index (χ0) is 19.9. The van der Waals surface area contributed by atoms with Crippen LogP contribution in [0.3, 0.4) is 0 Å². The second-order valence-corrected chi connectivity index (χ2v) is 6.70. The van der Waals surface area contributed by atoms with Gasteiger partial charge in [-0.1, -0.05) is 42.0 Å². The van der Waals surface area contributed by atoms with Crippen molar-refractivity contribution in [3.63, 3.8) is 0 Å². The predicted molar refractivity (Wildman–Crippen MR) is 110 cm³/mol. The Morgan fingerprint density at radius 2 is 1.71 bits per heavy atom. The average Bonchev–Trinajstić information content (AvgIpc) is 3.25. The van der Waals surface area contributed by atoms with Crippen molar-refractivity contribution in [1.82, 2.24) is 9.88 Å². The summed E-state index contributed by atoms with van der Waals surface area (Å²) in [5.74, 6) is 1.27. The molecule has 0 saturated heterocycles. The number of amides is 1. The van der Waals surface area contributed by atoms with Gasteiger partial charge in [-0.2, -0.15) is 0 Å². The van der Waals surface area contributed by atoms with Gasteiger partial charge in [0.15, 0.2) is 11.5 Å². The lowest BCUT2D eigenvalue weighted by molar-refractivity contribution is -0.121. The Bertz CT molecular complexity index is 902. The van der Waals surface area contributed by atoms with Gasteiger partial charge in [-0.05, 0) is 30.7 Å². The summed E-state index contributed by atoms with van der Waals surface area (Å²) in [6.45, 7) is 2.55. The summed E-state index contributed by atoms with van der Waals surface area (Å²) < 4.78 is 13.0. The first kappa shape index (κ1) is 19.5. The molecular formula is C23H26N2O3. The van der Waals surface area contributed by atoms with Crippen LogP contribution >= 0.6 is 0 Å². The second-order valence-electron chi connectivity index (χ2n) is 6.70. The van der Waals surface area contributed by atoms with Crippen molar-refractivity contribution < 1.29 is 14.3 Å². The highest BCUT2D eigenvalue weighted by Crippen LogP contribution is 2.37. The highest BCUT2D eigenvalue weighted by Gasteiger charge is 2.23. The lowest BCUT2D eigenvalue weighted by atomic mass is 10.0. The lowest BCUT2D eigenvalue weighted by Gasteiger charge is -2.22. The number of carbonyl (C=O) groups excluding carboxylic acids is 1. The van der Waals surface area contributed by atoms with Crippen LogP contribution in [0, 0.1) is 6.92 Å². The quantitative estimate of drug-likeness (QED) is 0.642. The molecule has 2 aromatic carbocycles. The Labute approximate surface area is 165 Å². The number of rotatable bonds is 8. The first-order chi connectivity index (χ1) is 13.6. The van der Waals surface area contributed by atoms with E-state index in [2.05, 4.69) is 5.32 Å². The van der Waals surface area contributed by atoms with E-state index >= 15 is 0 Å². The van der Waals surface area contributed by atoms with Crippen LogP contribution in [-0.4, -0.2) is 24.7 Å². The first-order valence-corrected chi connectivity index (χ1v) is 9.28. The van der Waals surface area contributed by atoms with Crippen molar-refractivity contribution in [2.24, 2.45) is 0 Å². The SMILES string of the molecule is COc1cccc([C@H](CC(=O)NCc2ccc(C)cc2)n2cccc2)c1OC. The molecule has 1 N–H and O–H groups in total. The molecule has 0 saturated carbocycles. The molecule has 5 nitrogen and oxygen atoms in total. The smallest absolute Gasteiger partial charge is 0.222 e. The summed E-state index contributed by atoms with van der Waals surface area (Å²) in [6, 6.07) is 17.6. The Kier molecular flexibility index (Phi) is 6.37. The molecule has 0 radical (unpaired) electrons. The van der Waals surface area contributed by atoms with Gasteiger partial charge < -0.3 is 19.4 Å². The van der Waals surface area contributed by atoms with Gasteiger partial charge in [0.25, 0.3) is 0 Å². The van der Waals surface area contributed by atoms with Crippen LogP contribution < -0.4 is 14.8 Å². The minimum atomic E-state index is -0.196. The number of aromatic nitrogens is 1. The van der Waals surface area contributed by atoms with Crippen molar-refractivity contribution in [1.29, 1.82) is 0 Å². The van der Waals surface area contributed by atoms with Crippen LogP contribution in [0.2, 0.25) is 0 Å². The molecule has 0 bridgehead atoms. The number of methoxy groups -OCH3 is 2. The fraction of sp³-hybridized carbons (Fsp3) is 0.261. The van der Waals surface area contributed by atoms with E-state index in [-0.39, 0.29) is 11.9 Å². The highest BCUT2D eigenvalue weighted by atomic mass is 16.5. The van der Waals surface area contributed by atoms with Crippen LogP contribution in [-0.2, 0) is 11.3 Å². The predicted octanol–water partition coefficient (Wildman–Crippen LogP) is 4.11. The molecule has 28 heavy (non-hydrogen) atoms. The van der Waals surface area contributed by atoms with Crippen molar-refractivity contribution in [2.45, 2.75) is 25.9 Å². The van der Waals surface area contributed by atoms with Crippen molar-refractivity contribution >= 4 is 5.91 Å². The number of aryl methyl sites for hydroxylation is 1. The molecule has 0 unspecified atom stereocenters. The van der Waals surface area contributed by atoms with E-state index < -0.39 is 0 Å². The number of ether oxygens (including phenoxy) is 2. The van der Waals surface area contributed by atoms with E-state index in [0.717, 1.165) is 11.1 Å². The Morgan fingerprint density at radius 3 is 2.36 bits per heavy atom. The van der Waals surface area contributed by atoms with E-state index in [9.17, 15) is 4.79 Å². The van der Waals surface area contributed by atoms with Crippen molar-refractivity contribution in [3.8, 4) is 11.5 Å². The van der Waals surface area contributed by atoms with Crippen LogP contribution in [0.15, 0.2) is 67.0 Å². The molecule has 5 heteroatoms. The Hall–Kier alpha value is -3.21. The molecular weight excluding hydrogens is 352 g/mol. The minimum absolute atomic E-state index is 0.0239. The molecule has 0 spiro atoms. The fourth-order valence-corrected chi connectivity index (χ4v) is 3.26. The van der Waals surface area contributed by atoms with Crippen LogP contribution in [0.5, 0.6) is 11.5 Å². The molecule has 146 valence electrons. The Balaban J connectivity index is 1.80. The van der Waals surface area contributed by atoms with E-state index in [1.165, 1.54) is 5.56 Å². The molecule has 3 aromatic rings. The fourth-order valence-electron chi connectivity index (χ4n) is 3.26. The lowest BCUT2D eigenvalue weighted by Crippen LogP contribution is -2.26. The summed E-state index contributed by atoms with van der Waals surface area (Å²) >= 11 is 0. The topological polar surface area (TPSA) is 52.5 Å². The minimum Gasteiger partial charge on any atom is -0.493 e. The van der Waals surface area contributed by atoms with Crippen LogP contribution in [0.25, 0.3) is 0 Å². The molecule has 0 aliphatic carbocycles. The normalized spacial score (nSPS) is 11.7. The summed E-state index contributed by atoms with van der Waals surface area (Å²) in [5.41, 5.74) is 3.19. The van der Waals surface area contributed by atoms with Gasteiger partial charge in [0.05, 0.1) is 26.7 Å². The first-order valence-electron chi connectivity index (χ1n) is 9.28. The maximum absolute atomic E-state index is 12.7. The second kappa shape index (κ2) is 9.13. The third-order valence-electron chi connectivity index (χ3n) is 4.77. The molecule has 1 aromatic heterocycles. The van der Waals surface area contributed by atoms with Gasteiger partial charge in [-0.25, -0.2) is 0 Å². The van der Waals surface area contributed by atoms with Crippen LogP contribution in [0.1, 0.15) is 29.2 Å². The number of benzene rings is 2. The molecule has 0 aliphatic rings. The van der Waals surface area contributed by atoms with Crippen LogP contribution in [0.4, 0.5) is 0 Å². The van der Waals surface area contributed by atoms with Gasteiger partial charge in [0.1, 0.15) is 0 Å². The van der Waals surface area contributed by atoms with Gasteiger partial charge in [-0.3, -0.25) is 4.79 Å². The summed E-state index contributed by atoms with van der Waals surface area (Å²) in [7, 11) is 3.23. The molecule has 1 atom stereocenters. The van der Waals surface area contributed by atoms with E-state index in [1.807, 2.05) is 78.5 Å². The van der Waals surface area contributed by atoms with Gasteiger partial charge >= 0.3 is 0 Å². The number of hydrogen-bond donors (Lipinski definition) is 1. The van der Waals surface area contributed by atoms with E-state index in [1.54, 1.807) is 14.2 Å². The Morgan fingerprint density at radius 1 is 1.00 bits per heavy atom. The zero-order valence-electron chi connectivity index (χ0n) is 16.5. The third-order valence-corrected chi connectivity index (χ3v) is 4.77. The maximum atomic E-state index is 12.7. The molecule has 0 aliphatic heterocycles. The standard InChI is InChI=1S/C23H26N2O3/c1-17-9-11-18(12-10-17)16-24-22(26)15-20(25-13-4-5-14-25)19-7-6-8-21(27-2)23(19)28-3/h4-14,20H,15-16H2,1-3H3,(H,24,26)/t20-/m0/s1. The average molecular weight is 378 g/mol. The largest absolute Gasteiger partial charge is 0.493 e. The molecule has 1 heterocycles. The number of nitrogens with one attached hydrogen (secondary N) is 1. The van der Waals surface area contributed by atoms with Gasteiger partial charge in [-0.15, -0.1) is 0 Å². The number of carbonyl (C=O) groups is 1. The zero-order valence-corrected chi connectivity index (χ0v) is 16.5. The summed E-state index contributed by atoms with van der Waals surface area (Å²) in [6.07, 6.45) is 4.21. The van der Waals surface area contributed by atoms with Gasteiger partial charge in [0.2, 0.25) is 5.91 Å². The summed E-state index contributed by atoms with van der Waals surface area (Å²) in [4.78, 5) is 12.7. The number of para-hydroxylation sites is 1.